The molecule has 3 aliphatic rings. The molecule has 1 saturated carbocycles. The standard InChI is InChI=1S/C15H28N2O2S/c1-3-17(13-9-11-7-8-12(10-13)16-11)14-5-4-6-15(14)20(2,18)19/h11-16H,3-10H2,1-2H3. The first-order chi connectivity index (χ1) is 9.49. The Labute approximate surface area is 123 Å². The van der Waals surface area contributed by atoms with Crippen LogP contribution in [0.15, 0.2) is 0 Å². The summed E-state index contributed by atoms with van der Waals surface area (Å²) in [7, 11) is -2.91. The van der Waals surface area contributed by atoms with Crippen LogP contribution in [0.3, 0.4) is 0 Å². The van der Waals surface area contributed by atoms with Crippen LogP contribution in [0.4, 0.5) is 0 Å². The van der Waals surface area contributed by atoms with Crippen molar-refractivity contribution < 1.29 is 8.42 Å². The molecule has 0 aromatic heterocycles. The Kier molecular flexibility index (Phi) is 4.13. The topological polar surface area (TPSA) is 49.4 Å². The van der Waals surface area contributed by atoms with Gasteiger partial charge in [0.1, 0.15) is 0 Å². The smallest absolute Gasteiger partial charge is 0.151 e. The van der Waals surface area contributed by atoms with Crippen molar-refractivity contribution in [3.8, 4) is 0 Å². The second kappa shape index (κ2) is 5.58. The van der Waals surface area contributed by atoms with Crippen molar-refractivity contribution in [2.24, 2.45) is 0 Å². The highest BCUT2D eigenvalue weighted by atomic mass is 32.2. The largest absolute Gasteiger partial charge is 0.311 e. The number of hydrogen-bond donors (Lipinski definition) is 1. The van der Waals surface area contributed by atoms with E-state index in [0.29, 0.717) is 18.1 Å². The van der Waals surface area contributed by atoms with E-state index in [1.165, 1.54) is 31.9 Å². The molecule has 4 atom stereocenters. The second-order valence-corrected chi connectivity index (χ2v) is 9.22. The minimum absolute atomic E-state index is 0.130. The molecular weight excluding hydrogens is 272 g/mol. The van der Waals surface area contributed by atoms with Crippen molar-refractivity contribution >= 4 is 9.84 Å². The molecule has 5 heteroatoms. The molecule has 0 spiro atoms. The first-order valence-electron chi connectivity index (χ1n) is 8.19. The molecule has 116 valence electrons. The summed E-state index contributed by atoms with van der Waals surface area (Å²) in [5.41, 5.74) is 0. The molecular formula is C15H28N2O2S. The molecule has 1 N–H and O–H groups in total. The van der Waals surface area contributed by atoms with Gasteiger partial charge < -0.3 is 5.32 Å². The average Bonchev–Trinajstić information content (AvgIpc) is 2.97. The number of fused-ring (bicyclic) bond motifs is 2. The van der Waals surface area contributed by atoms with E-state index in [9.17, 15) is 8.42 Å². The lowest BCUT2D eigenvalue weighted by Gasteiger charge is -2.42. The molecule has 4 nitrogen and oxygen atoms in total. The van der Waals surface area contributed by atoms with E-state index in [1.807, 2.05) is 0 Å². The molecule has 0 amide bonds. The minimum atomic E-state index is -2.91. The van der Waals surface area contributed by atoms with Crippen LogP contribution in [0.1, 0.15) is 51.9 Å². The summed E-state index contributed by atoms with van der Waals surface area (Å²) in [5, 5.41) is 3.56. The Morgan fingerprint density at radius 1 is 1.10 bits per heavy atom. The number of nitrogens with zero attached hydrogens (tertiary/aromatic N) is 1. The first-order valence-corrected chi connectivity index (χ1v) is 10.1. The fourth-order valence-corrected chi connectivity index (χ4v) is 6.30. The minimum Gasteiger partial charge on any atom is -0.311 e. The third-order valence-corrected chi connectivity index (χ3v) is 7.33. The highest BCUT2D eigenvalue weighted by molar-refractivity contribution is 7.91. The van der Waals surface area contributed by atoms with Gasteiger partial charge in [0.25, 0.3) is 0 Å². The number of rotatable bonds is 4. The van der Waals surface area contributed by atoms with Crippen molar-refractivity contribution in [3.63, 3.8) is 0 Å². The maximum Gasteiger partial charge on any atom is 0.151 e. The molecule has 3 rings (SSSR count). The van der Waals surface area contributed by atoms with Gasteiger partial charge in [-0.3, -0.25) is 4.90 Å². The Bertz CT molecular complexity index is 439. The van der Waals surface area contributed by atoms with E-state index in [4.69, 9.17) is 0 Å². The van der Waals surface area contributed by atoms with Gasteiger partial charge in [0.05, 0.1) is 5.25 Å². The van der Waals surface area contributed by atoms with Crippen LogP contribution in [0.2, 0.25) is 0 Å². The summed E-state index contributed by atoms with van der Waals surface area (Å²) in [6, 6.07) is 2.19. The van der Waals surface area contributed by atoms with Crippen LogP contribution in [0.25, 0.3) is 0 Å². The van der Waals surface area contributed by atoms with Crippen LogP contribution in [0.5, 0.6) is 0 Å². The van der Waals surface area contributed by atoms with Gasteiger partial charge >= 0.3 is 0 Å². The summed E-state index contributed by atoms with van der Waals surface area (Å²) in [6.45, 7) is 3.18. The maximum atomic E-state index is 12.0. The first kappa shape index (κ1) is 14.8. The monoisotopic (exact) mass is 300 g/mol. The molecule has 1 aliphatic carbocycles. The zero-order valence-corrected chi connectivity index (χ0v) is 13.5. The predicted octanol–water partition coefficient (Wildman–Crippen LogP) is 1.56. The molecule has 0 radical (unpaired) electrons. The SMILES string of the molecule is CCN(C1CC2CCC(C1)N2)C1CCCC1S(C)(=O)=O. The van der Waals surface area contributed by atoms with Gasteiger partial charge in [0.15, 0.2) is 9.84 Å². The molecule has 3 fully saturated rings. The Morgan fingerprint density at radius 2 is 1.75 bits per heavy atom. The fourth-order valence-electron chi connectivity index (χ4n) is 4.85. The number of hydrogen-bond acceptors (Lipinski definition) is 4. The lowest BCUT2D eigenvalue weighted by Crippen LogP contribution is -2.54. The predicted molar refractivity (Wildman–Crippen MR) is 81.6 cm³/mol. The summed E-state index contributed by atoms with van der Waals surface area (Å²) >= 11 is 0. The summed E-state index contributed by atoms with van der Waals surface area (Å²) in [6.07, 6.45) is 9.43. The third-order valence-electron chi connectivity index (χ3n) is 5.68. The van der Waals surface area contributed by atoms with Crippen molar-refractivity contribution in [2.75, 3.05) is 12.8 Å². The van der Waals surface area contributed by atoms with Crippen molar-refractivity contribution in [3.05, 3.63) is 0 Å². The number of piperidine rings is 1. The van der Waals surface area contributed by atoms with E-state index < -0.39 is 9.84 Å². The molecule has 0 aromatic rings. The molecule has 2 saturated heterocycles. The molecule has 0 aromatic carbocycles. The summed E-state index contributed by atoms with van der Waals surface area (Å²) in [5.74, 6) is 0. The van der Waals surface area contributed by atoms with Crippen molar-refractivity contribution in [2.45, 2.75) is 81.3 Å². The van der Waals surface area contributed by atoms with E-state index in [-0.39, 0.29) is 11.3 Å². The normalized spacial score (nSPS) is 41.5. The van der Waals surface area contributed by atoms with Crippen LogP contribution in [-0.4, -0.2) is 55.5 Å². The van der Waals surface area contributed by atoms with Gasteiger partial charge in [-0.05, 0) is 45.1 Å². The van der Waals surface area contributed by atoms with Gasteiger partial charge in [0.2, 0.25) is 0 Å². The Morgan fingerprint density at radius 3 is 2.30 bits per heavy atom. The number of sulfone groups is 1. The highest BCUT2D eigenvalue weighted by Gasteiger charge is 2.43. The highest BCUT2D eigenvalue weighted by Crippen LogP contribution is 2.35. The van der Waals surface area contributed by atoms with Crippen LogP contribution in [0, 0.1) is 0 Å². The van der Waals surface area contributed by atoms with Crippen LogP contribution < -0.4 is 5.32 Å². The van der Waals surface area contributed by atoms with Crippen LogP contribution in [-0.2, 0) is 9.84 Å². The van der Waals surface area contributed by atoms with E-state index in [1.54, 1.807) is 0 Å². The molecule has 2 aliphatic heterocycles. The van der Waals surface area contributed by atoms with Gasteiger partial charge in [-0.15, -0.1) is 0 Å². The quantitative estimate of drug-likeness (QED) is 0.856. The Balaban J connectivity index is 1.76. The lowest BCUT2D eigenvalue weighted by atomic mass is 9.96. The van der Waals surface area contributed by atoms with E-state index in [2.05, 4.69) is 17.1 Å². The Hall–Kier alpha value is -0.130. The van der Waals surface area contributed by atoms with Gasteiger partial charge in [-0.1, -0.05) is 13.3 Å². The molecule has 20 heavy (non-hydrogen) atoms. The summed E-state index contributed by atoms with van der Waals surface area (Å²) in [4.78, 5) is 2.53. The van der Waals surface area contributed by atoms with E-state index in [0.717, 1.165) is 25.8 Å². The van der Waals surface area contributed by atoms with Gasteiger partial charge in [-0.25, -0.2) is 8.42 Å². The summed E-state index contributed by atoms with van der Waals surface area (Å²) < 4.78 is 24.1. The second-order valence-electron chi connectivity index (χ2n) is 6.96. The average molecular weight is 300 g/mol. The van der Waals surface area contributed by atoms with Crippen LogP contribution >= 0.6 is 0 Å². The lowest BCUT2D eigenvalue weighted by molar-refractivity contribution is 0.103. The van der Waals surface area contributed by atoms with Crippen molar-refractivity contribution in [1.29, 1.82) is 0 Å². The van der Waals surface area contributed by atoms with E-state index >= 15 is 0 Å². The molecule has 2 bridgehead atoms. The fraction of sp³-hybridized carbons (Fsp3) is 1.00. The zero-order valence-electron chi connectivity index (χ0n) is 12.7. The number of nitrogens with one attached hydrogen (secondary N) is 1. The van der Waals surface area contributed by atoms with Gasteiger partial charge in [-0.2, -0.15) is 0 Å². The van der Waals surface area contributed by atoms with Gasteiger partial charge in [0, 0.05) is 30.4 Å². The zero-order chi connectivity index (χ0) is 14.3. The molecule has 4 unspecified atom stereocenters. The van der Waals surface area contributed by atoms with Crippen molar-refractivity contribution in [1.82, 2.24) is 10.2 Å². The maximum absolute atomic E-state index is 12.0. The third kappa shape index (κ3) is 2.77. The molecule has 2 heterocycles.